The minimum absolute atomic E-state index is 0.0521. The van der Waals surface area contributed by atoms with Crippen molar-refractivity contribution in [1.82, 2.24) is 5.32 Å². The third-order valence-corrected chi connectivity index (χ3v) is 4.29. The highest BCUT2D eigenvalue weighted by Crippen LogP contribution is 2.21. The number of anilines is 1. The first-order valence-electron chi connectivity index (χ1n) is 5.26. The third kappa shape index (κ3) is 2.97. The van der Waals surface area contributed by atoms with E-state index < -0.39 is 9.84 Å². The van der Waals surface area contributed by atoms with E-state index in [0.29, 0.717) is 12.0 Å². The SMILES string of the molecule is CCCS(=O)(=O)c1ccc(C(=O)NC)cc1N. The second-order valence-corrected chi connectivity index (χ2v) is 5.73. The van der Waals surface area contributed by atoms with Crippen LogP contribution in [0.2, 0.25) is 0 Å². The molecule has 0 saturated carbocycles. The van der Waals surface area contributed by atoms with Gasteiger partial charge in [-0.15, -0.1) is 0 Å². The van der Waals surface area contributed by atoms with Crippen LogP contribution >= 0.6 is 0 Å². The molecule has 0 spiro atoms. The van der Waals surface area contributed by atoms with E-state index in [1.165, 1.54) is 25.2 Å². The first-order chi connectivity index (χ1) is 7.92. The first-order valence-corrected chi connectivity index (χ1v) is 6.92. The molecular weight excluding hydrogens is 240 g/mol. The molecule has 0 bridgehead atoms. The number of hydrogen-bond donors (Lipinski definition) is 2. The van der Waals surface area contributed by atoms with E-state index in [-0.39, 0.29) is 22.2 Å². The van der Waals surface area contributed by atoms with Crippen LogP contribution in [0.4, 0.5) is 5.69 Å². The van der Waals surface area contributed by atoms with E-state index in [1.54, 1.807) is 6.92 Å². The molecular formula is C11H16N2O3S. The maximum Gasteiger partial charge on any atom is 0.251 e. The number of benzene rings is 1. The molecule has 1 aromatic rings. The third-order valence-electron chi connectivity index (χ3n) is 2.31. The van der Waals surface area contributed by atoms with E-state index in [9.17, 15) is 13.2 Å². The summed E-state index contributed by atoms with van der Waals surface area (Å²) in [6.07, 6.45) is 0.527. The van der Waals surface area contributed by atoms with Crippen LogP contribution in [0.5, 0.6) is 0 Å². The average Bonchev–Trinajstić information content (AvgIpc) is 2.27. The van der Waals surface area contributed by atoms with Crippen molar-refractivity contribution in [1.29, 1.82) is 0 Å². The number of amides is 1. The molecule has 1 amide bonds. The fraction of sp³-hybridized carbons (Fsp3) is 0.364. The predicted molar refractivity (Wildman–Crippen MR) is 66.6 cm³/mol. The summed E-state index contributed by atoms with van der Waals surface area (Å²) in [6, 6.07) is 4.21. The number of nitrogens with one attached hydrogen (secondary N) is 1. The zero-order valence-corrected chi connectivity index (χ0v) is 10.7. The van der Waals surface area contributed by atoms with Gasteiger partial charge in [-0.25, -0.2) is 8.42 Å². The van der Waals surface area contributed by atoms with Crippen LogP contribution in [0.3, 0.4) is 0 Å². The molecule has 5 nitrogen and oxygen atoms in total. The smallest absolute Gasteiger partial charge is 0.251 e. The Morgan fingerprint density at radius 2 is 2.06 bits per heavy atom. The molecule has 17 heavy (non-hydrogen) atoms. The van der Waals surface area contributed by atoms with Crippen molar-refractivity contribution in [2.45, 2.75) is 18.2 Å². The molecule has 0 radical (unpaired) electrons. The van der Waals surface area contributed by atoms with Crippen LogP contribution in [-0.2, 0) is 9.84 Å². The summed E-state index contributed by atoms with van der Waals surface area (Å²) in [5, 5.41) is 2.45. The maximum absolute atomic E-state index is 11.8. The Morgan fingerprint density at radius 3 is 2.53 bits per heavy atom. The molecule has 0 aliphatic carbocycles. The minimum atomic E-state index is -3.35. The van der Waals surface area contributed by atoms with Crippen LogP contribution < -0.4 is 11.1 Å². The molecule has 6 heteroatoms. The average molecular weight is 256 g/mol. The summed E-state index contributed by atoms with van der Waals surface area (Å²) in [5.41, 5.74) is 6.13. The molecule has 0 saturated heterocycles. The lowest BCUT2D eigenvalue weighted by atomic mass is 10.2. The van der Waals surface area contributed by atoms with Gasteiger partial charge in [0.25, 0.3) is 5.91 Å². The Hall–Kier alpha value is -1.56. The summed E-state index contributed by atoms with van der Waals surface area (Å²) in [4.78, 5) is 11.4. The van der Waals surface area contributed by atoms with E-state index in [1.807, 2.05) is 0 Å². The molecule has 94 valence electrons. The van der Waals surface area contributed by atoms with E-state index >= 15 is 0 Å². The lowest BCUT2D eigenvalue weighted by Gasteiger charge is -2.08. The number of nitrogens with two attached hydrogens (primary N) is 1. The van der Waals surface area contributed by atoms with Gasteiger partial charge in [0.15, 0.2) is 9.84 Å². The van der Waals surface area contributed by atoms with Gasteiger partial charge in [-0.2, -0.15) is 0 Å². The Bertz CT molecular complexity index is 524. The molecule has 1 aromatic carbocycles. The Kier molecular flexibility index (Phi) is 4.11. The van der Waals surface area contributed by atoms with E-state index in [2.05, 4.69) is 5.32 Å². The molecule has 1 rings (SSSR count). The molecule has 0 heterocycles. The predicted octanol–water partition coefficient (Wildman–Crippen LogP) is 0.812. The minimum Gasteiger partial charge on any atom is -0.398 e. The lowest BCUT2D eigenvalue weighted by molar-refractivity contribution is 0.0963. The number of sulfone groups is 1. The van der Waals surface area contributed by atoms with Crippen LogP contribution in [0.25, 0.3) is 0 Å². The summed E-state index contributed by atoms with van der Waals surface area (Å²) in [5.74, 6) is -0.243. The normalized spacial score (nSPS) is 11.2. The molecule has 0 atom stereocenters. The maximum atomic E-state index is 11.8. The first kappa shape index (κ1) is 13.5. The van der Waals surface area contributed by atoms with Crippen LogP contribution in [0, 0.1) is 0 Å². The van der Waals surface area contributed by atoms with Gasteiger partial charge >= 0.3 is 0 Å². The van der Waals surface area contributed by atoms with E-state index in [0.717, 1.165) is 0 Å². The molecule has 0 aliphatic heterocycles. The quantitative estimate of drug-likeness (QED) is 0.780. The zero-order valence-electron chi connectivity index (χ0n) is 9.86. The van der Waals surface area contributed by atoms with Gasteiger partial charge in [-0.1, -0.05) is 6.92 Å². The van der Waals surface area contributed by atoms with Crippen molar-refractivity contribution in [3.05, 3.63) is 23.8 Å². The van der Waals surface area contributed by atoms with Crippen LogP contribution in [-0.4, -0.2) is 27.1 Å². The van der Waals surface area contributed by atoms with Gasteiger partial charge in [0, 0.05) is 12.6 Å². The molecule has 3 N–H and O–H groups in total. The van der Waals surface area contributed by atoms with Crippen molar-refractivity contribution < 1.29 is 13.2 Å². The number of carbonyl (C=O) groups excluding carboxylic acids is 1. The number of carbonyl (C=O) groups is 1. The van der Waals surface area contributed by atoms with Gasteiger partial charge in [0.05, 0.1) is 16.3 Å². The lowest BCUT2D eigenvalue weighted by Crippen LogP contribution is -2.18. The van der Waals surface area contributed by atoms with Gasteiger partial charge < -0.3 is 11.1 Å². The highest BCUT2D eigenvalue weighted by atomic mass is 32.2. The fourth-order valence-corrected chi connectivity index (χ4v) is 2.95. The highest BCUT2D eigenvalue weighted by Gasteiger charge is 2.17. The number of hydrogen-bond acceptors (Lipinski definition) is 4. The molecule has 0 fully saturated rings. The summed E-state index contributed by atoms with van der Waals surface area (Å²) in [6.45, 7) is 1.78. The van der Waals surface area contributed by atoms with Gasteiger partial charge in [0.2, 0.25) is 0 Å². The van der Waals surface area contributed by atoms with Crippen LogP contribution in [0.15, 0.2) is 23.1 Å². The van der Waals surface area contributed by atoms with Gasteiger partial charge in [-0.3, -0.25) is 4.79 Å². The van der Waals surface area contributed by atoms with Crippen molar-refractivity contribution in [3.8, 4) is 0 Å². The standard InChI is InChI=1S/C11H16N2O3S/c1-3-6-17(15,16)10-5-4-8(7-9(10)12)11(14)13-2/h4-5,7H,3,6,12H2,1-2H3,(H,13,14). The Labute approximate surface area is 101 Å². The number of nitrogen functional groups attached to an aromatic ring is 1. The van der Waals surface area contributed by atoms with Gasteiger partial charge in [0.1, 0.15) is 0 Å². The molecule has 0 unspecified atom stereocenters. The van der Waals surface area contributed by atoms with Crippen molar-refractivity contribution in [3.63, 3.8) is 0 Å². The van der Waals surface area contributed by atoms with Crippen LogP contribution in [0.1, 0.15) is 23.7 Å². The zero-order chi connectivity index (χ0) is 13.1. The summed E-state index contributed by atoms with van der Waals surface area (Å²) in [7, 11) is -1.85. The largest absolute Gasteiger partial charge is 0.398 e. The summed E-state index contributed by atoms with van der Waals surface area (Å²) >= 11 is 0. The Balaban J connectivity index is 3.19. The second kappa shape index (κ2) is 5.18. The highest BCUT2D eigenvalue weighted by molar-refractivity contribution is 7.91. The van der Waals surface area contributed by atoms with E-state index in [4.69, 9.17) is 5.73 Å². The topological polar surface area (TPSA) is 89.3 Å². The molecule has 0 aliphatic rings. The van der Waals surface area contributed by atoms with Crippen molar-refractivity contribution >= 4 is 21.4 Å². The van der Waals surface area contributed by atoms with Gasteiger partial charge in [-0.05, 0) is 24.6 Å². The molecule has 0 aromatic heterocycles. The Morgan fingerprint density at radius 1 is 1.41 bits per heavy atom. The number of rotatable bonds is 4. The van der Waals surface area contributed by atoms with Crippen molar-refractivity contribution in [2.75, 3.05) is 18.5 Å². The fourth-order valence-electron chi connectivity index (χ4n) is 1.50. The monoisotopic (exact) mass is 256 g/mol. The van der Waals surface area contributed by atoms with Crippen molar-refractivity contribution in [2.24, 2.45) is 0 Å². The summed E-state index contributed by atoms with van der Waals surface area (Å²) < 4.78 is 23.6. The second-order valence-electron chi connectivity index (χ2n) is 3.65.